The van der Waals surface area contributed by atoms with E-state index < -0.39 is 0 Å². The van der Waals surface area contributed by atoms with Gasteiger partial charge in [-0.05, 0) is 51.6 Å². The second kappa shape index (κ2) is 11.5. The van der Waals surface area contributed by atoms with E-state index in [0.29, 0.717) is 18.4 Å². The van der Waals surface area contributed by atoms with Crippen LogP contribution in [-0.4, -0.2) is 43.5 Å². The van der Waals surface area contributed by atoms with Crippen molar-refractivity contribution >= 4 is 30.7 Å². The molecule has 2 aliphatic carbocycles. The van der Waals surface area contributed by atoms with Gasteiger partial charge in [0.1, 0.15) is 0 Å². The Kier molecular flexibility index (Phi) is 11.5. The van der Waals surface area contributed by atoms with Crippen molar-refractivity contribution in [1.29, 1.82) is 0 Å². The van der Waals surface area contributed by atoms with Crippen molar-refractivity contribution in [3.05, 3.63) is 0 Å². The van der Waals surface area contributed by atoms with Gasteiger partial charge in [-0.2, -0.15) is 0 Å². The molecule has 0 aliphatic heterocycles. The zero-order valence-electron chi connectivity index (χ0n) is 14.6. The van der Waals surface area contributed by atoms with Crippen LogP contribution in [0.5, 0.6) is 0 Å². The molecule has 3 atom stereocenters. The van der Waals surface area contributed by atoms with Crippen LogP contribution in [0.15, 0.2) is 0 Å². The highest BCUT2D eigenvalue weighted by Gasteiger charge is 2.28. The average molecular weight is 368 g/mol. The Morgan fingerprint density at radius 3 is 2.26 bits per heavy atom. The summed E-state index contributed by atoms with van der Waals surface area (Å²) in [5.41, 5.74) is 6.06. The summed E-state index contributed by atoms with van der Waals surface area (Å²) in [6.07, 6.45) is 10.7. The molecule has 2 aliphatic rings. The lowest BCUT2D eigenvalue weighted by molar-refractivity contribution is -0.122. The highest BCUT2D eigenvalue weighted by Crippen LogP contribution is 2.29. The number of rotatable bonds is 6. The van der Waals surface area contributed by atoms with Gasteiger partial charge in [0.05, 0.1) is 0 Å². The molecule has 0 spiro atoms. The molecule has 3 N–H and O–H groups in total. The van der Waals surface area contributed by atoms with E-state index in [0.717, 1.165) is 25.3 Å². The molecule has 1 amide bonds. The molecule has 2 rings (SSSR count). The minimum absolute atomic E-state index is 0. The third-order valence-corrected chi connectivity index (χ3v) is 5.53. The number of nitrogens with zero attached hydrogens (tertiary/aromatic N) is 1. The summed E-state index contributed by atoms with van der Waals surface area (Å²) >= 11 is 0. The SMILES string of the molecule is CN(C)C(CNC(=O)C[C@@H]1CCC[C@H]1N)C1CCCCC1.Cl.Cl. The van der Waals surface area contributed by atoms with Gasteiger partial charge in [0.25, 0.3) is 0 Å². The van der Waals surface area contributed by atoms with Crippen molar-refractivity contribution in [2.24, 2.45) is 17.6 Å². The van der Waals surface area contributed by atoms with Gasteiger partial charge in [-0.25, -0.2) is 0 Å². The first-order valence-electron chi connectivity index (χ1n) is 8.76. The molecule has 0 aromatic carbocycles. The number of hydrogen-bond acceptors (Lipinski definition) is 3. The summed E-state index contributed by atoms with van der Waals surface area (Å²) in [5.74, 6) is 1.33. The molecule has 0 radical (unpaired) electrons. The summed E-state index contributed by atoms with van der Waals surface area (Å²) < 4.78 is 0. The largest absolute Gasteiger partial charge is 0.355 e. The van der Waals surface area contributed by atoms with Crippen LogP contribution in [-0.2, 0) is 4.79 Å². The Labute approximate surface area is 154 Å². The molecule has 6 heteroatoms. The number of carbonyl (C=O) groups excluding carboxylic acids is 1. The van der Waals surface area contributed by atoms with E-state index in [9.17, 15) is 4.79 Å². The fourth-order valence-corrected chi connectivity index (χ4v) is 4.14. The molecular weight excluding hydrogens is 333 g/mol. The van der Waals surface area contributed by atoms with Gasteiger partial charge in [-0.15, -0.1) is 24.8 Å². The maximum atomic E-state index is 12.2. The van der Waals surface area contributed by atoms with Gasteiger partial charge in [-0.1, -0.05) is 25.7 Å². The number of nitrogens with two attached hydrogens (primary N) is 1. The Morgan fingerprint density at radius 2 is 1.74 bits per heavy atom. The topological polar surface area (TPSA) is 58.4 Å². The Balaban J connectivity index is 0.00000242. The van der Waals surface area contributed by atoms with Crippen molar-refractivity contribution in [2.45, 2.75) is 69.9 Å². The van der Waals surface area contributed by atoms with Crippen molar-refractivity contribution in [3.63, 3.8) is 0 Å². The third kappa shape index (κ3) is 7.16. The van der Waals surface area contributed by atoms with E-state index in [4.69, 9.17) is 5.73 Å². The normalized spacial score (nSPS) is 26.3. The maximum Gasteiger partial charge on any atom is 0.220 e. The number of likely N-dealkylation sites (N-methyl/N-ethyl adjacent to an activating group) is 1. The smallest absolute Gasteiger partial charge is 0.220 e. The minimum atomic E-state index is 0. The maximum absolute atomic E-state index is 12.2. The summed E-state index contributed by atoms with van der Waals surface area (Å²) in [6.45, 7) is 0.790. The lowest BCUT2D eigenvalue weighted by Crippen LogP contribution is -2.46. The number of carbonyl (C=O) groups is 1. The Hall–Kier alpha value is -0.0300. The number of halogens is 2. The van der Waals surface area contributed by atoms with Gasteiger partial charge in [0.15, 0.2) is 0 Å². The second-order valence-corrected chi connectivity index (χ2v) is 7.29. The van der Waals surface area contributed by atoms with Crippen LogP contribution in [0.4, 0.5) is 0 Å². The molecular formula is C17H35Cl2N3O. The van der Waals surface area contributed by atoms with Gasteiger partial charge in [-0.3, -0.25) is 4.79 Å². The fraction of sp³-hybridized carbons (Fsp3) is 0.941. The predicted molar refractivity (Wildman–Crippen MR) is 101 cm³/mol. The highest BCUT2D eigenvalue weighted by atomic mass is 35.5. The van der Waals surface area contributed by atoms with Crippen LogP contribution in [0.1, 0.15) is 57.8 Å². The van der Waals surface area contributed by atoms with E-state index in [2.05, 4.69) is 24.3 Å². The zero-order chi connectivity index (χ0) is 15.2. The van der Waals surface area contributed by atoms with E-state index in [-0.39, 0.29) is 36.8 Å². The second-order valence-electron chi connectivity index (χ2n) is 7.29. The average Bonchev–Trinajstić information content (AvgIpc) is 2.85. The van der Waals surface area contributed by atoms with Crippen molar-refractivity contribution in [1.82, 2.24) is 10.2 Å². The van der Waals surface area contributed by atoms with Gasteiger partial charge in [0.2, 0.25) is 5.91 Å². The Bertz CT molecular complexity index is 336. The summed E-state index contributed by atoms with van der Waals surface area (Å²) in [5, 5.41) is 3.17. The fourth-order valence-electron chi connectivity index (χ4n) is 4.14. The molecule has 23 heavy (non-hydrogen) atoms. The summed E-state index contributed by atoms with van der Waals surface area (Å²) in [7, 11) is 4.27. The van der Waals surface area contributed by atoms with Crippen LogP contribution in [0.25, 0.3) is 0 Å². The van der Waals surface area contributed by atoms with Crippen LogP contribution >= 0.6 is 24.8 Å². The van der Waals surface area contributed by atoms with Crippen molar-refractivity contribution < 1.29 is 4.79 Å². The van der Waals surface area contributed by atoms with Crippen molar-refractivity contribution in [2.75, 3.05) is 20.6 Å². The molecule has 0 bridgehead atoms. The lowest BCUT2D eigenvalue weighted by Gasteiger charge is -2.35. The van der Waals surface area contributed by atoms with Crippen LogP contribution < -0.4 is 11.1 Å². The highest BCUT2D eigenvalue weighted by molar-refractivity contribution is 5.85. The lowest BCUT2D eigenvalue weighted by atomic mass is 9.83. The number of nitrogens with one attached hydrogen (secondary N) is 1. The zero-order valence-corrected chi connectivity index (χ0v) is 16.3. The molecule has 0 aromatic heterocycles. The first kappa shape index (κ1) is 23.0. The van der Waals surface area contributed by atoms with Gasteiger partial charge >= 0.3 is 0 Å². The quantitative estimate of drug-likeness (QED) is 0.758. The molecule has 0 aromatic rings. The summed E-state index contributed by atoms with van der Waals surface area (Å²) in [4.78, 5) is 14.5. The number of hydrogen-bond donors (Lipinski definition) is 2. The summed E-state index contributed by atoms with van der Waals surface area (Å²) in [6, 6.07) is 0.713. The van der Waals surface area contributed by atoms with E-state index in [1.54, 1.807) is 0 Å². The minimum Gasteiger partial charge on any atom is -0.355 e. The predicted octanol–water partition coefficient (Wildman–Crippen LogP) is 2.97. The van der Waals surface area contributed by atoms with E-state index in [1.165, 1.54) is 38.5 Å². The van der Waals surface area contributed by atoms with Gasteiger partial charge in [0, 0.05) is 25.0 Å². The monoisotopic (exact) mass is 367 g/mol. The van der Waals surface area contributed by atoms with Crippen LogP contribution in [0, 0.1) is 11.8 Å². The van der Waals surface area contributed by atoms with Crippen molar-refractivity contribution in [3.8, 4) is 0 Å². The van der Waals surface area contributed by atoms with Crippen LogP contribution in [0.3, 0.4) is 0 Å². The molecule has 4 nitrogen and oxygen atoms in total. The van der Waals surface area contributed by atoms with Crippen LogP contribution in [0.2, 0.25) is 0 Å². The molecule has 2 fully saturated rings. The molecule has 0 saturated heterocycles. The van der Waals surface area contributed by atoms with E-state index >= 15 is 0 Å². The first-order chi connectivity index (χ1) is 10.1. The molecule has 138 valence electrons. The molecule has 0 heterocycles. The standard InChI is InChI=1S/C17H33N3O.2ClH/c1-20(2)16(13-7-4-3-5-8-13)12-19-17(21)11-14-9-6-10-15(14)18;;/h13-16H,3-12,18H2,1-2H3,(H,19,21);2*1H/t14-,15+,16?;;/m0../s1. The third-order valence-electron chi connectivity index (χ3n) is 5.53. The van der Waals surface area contributed by atoms with Gasteiger partial charge < -0.3 is 16.0 Å². The molecule has 1 unspecified atom stereocenters. The first-order valence-corrected chi connectivity index (χ1v) is 8.76. The number of amides is 1. The Morgan fingerprint density at radius 1 is 1.09 bits per heavy atom. The molecule has 2 saturated carbocycles. The van der Waals surface area contributed by atoms with E-state index in [1.807, 2.05) is 0 Å².